The Bertz CT molecular complexity index is 530. The van der Waals surface area contributed by atoms with Gasteiger partial charge in [0.1, 0.15) is 0 Å². The van der Waals surface area contributed by atoms with E-state index in [0.717, 1.165) is 5.56 Å². The summed E-state index contributed by atoms with van der Waals surface area (Å²) in [6, 6.07) is 6.47. The maximum atomic E-state index is 11.6. The van der Waals surface area contributed by atoms with Crippen LogP contribution in [0.15, 0.2) is 24.3 Å². The summed E-state index contributed by atoms with van der Waals surface area (Å²) in [6.07, 6.45) is 0.518. The summed E-state index contributed by atoms with van der Waals surface area (Å²) < 4.78 is 4.86. The zero-order valence-electron chi connectivity index (χ0n) is 12.4. The van der Waals surface area contributed by atoms with Gasteiger partial charge in [0.2, 0.25) is 0 Å². The third-order valence-electron chi connectivity index (χ3n) is 2.69. The fraction of sp³-hybridized carbons (Fsp3) is 0.400. The van der Waals surface area contributed by atoms with Crippen LogP contribution in [0.4, 0.5) is 10.5 Å². The molecular weight excluding hydrogens is 288 g/mol. The Morgan fingerprint density at radius 3 is 2.73 bits per heavy atom. The number of amides is 2. The number of urea groups is 1. The van der Waals surface area contributed by atoms with Crippen LogP contribution in [0.3, 0.4) is 0 Å². The smallest absolute Gasteiger partial charge is 0.319 e. The van der Waals surface area contributed by atoms with Gasteiger partial charge in [0.25, 0.3) is 0 Å². The SMILES string of the molecule is CCOC(=O)Cc1cccc(NC(=O)NCCCC(=O)O)c1. The predicted octanol–water partition coefficient (Wildman–Crippen LogP) is 1.78. The molecule has 0 aliphatic heterocycles. The van der Waals surface area contributed by atoms with Gasteiger partial charge in [-0.2, -0.15) is 0 Å². The molecule has 0 spiro atoms. The van der Waals surface area contributed by atoms with Crippen molar-refractivity contribution in [1.82, 2.24) is 5.32 Å². The van der Waals surface area contributed by atoms with E-state index in [1.54, 1.807) is 31.2 Å². The molecule has 0 unspecified atom stereocenters. The number of ether oxygens (including phenoxy) is 1. The quantitative estimate of drug-likeness (QED) is 0.501. The van der Waals surface area contributed by atoms with E-state index >= 15 is 0 Å². The van der Waals surface area contributed by atoms with Gasteiger partial charge in [-0.1, -0.05) is 12.1 Å². The largest absolute Gasteiger partial charge is 0.481 e. The molecule has 0 saturated carbocycles. The number of nitrogens with one attached hydrogen (secondary N) is 2. The van der Waals surface area contributed by atoms with E-state index in [-0.39, 0.29) is 25.4 Å². The molecule has 2 amide bonds. The van der Waals surface area contributed by atoms with Crippen molar-refractivity contribution in [3.05, 3.63) is 29.8 Å². The summed E-state index contributed by atoms with van der Waals surface area (Å²) in [7, 11) is 0. The average Bonchev–Trinajstić information content (AvgIpc) is 2.44. The molecule has 0 bridgehead atoms. The van der Waals surface area contributed by atoms with Crippen molar-refractivity contribution >= 4 is 23.7 Å². The lowest BCUT2D eigenvalue weighted by Crippen LogP contribution is -2.29. The average molecular weight is 308 g/mol. The number of benzene rings is 1. The topological polar surface area (TPSA) is 105 Å². The molecule has 0 aliphatic rings. The minimum absolute atomic E-state index is 0.00923. The molecule has 3 N–H and O–H groups in total. The Hall–Kier alpha value is -2.57. The standard InChI is InChI=1S/C15H20N2O5/c1-2-22-14(20)10-11-5-3-6-12(9-11)17-15(21)16-8-4-7-13(18)19/h3,5-6,9H,2,4,7-8,10H2,1H3,(H,18,19)(H2,16,17,21). The van der Waals surface area contributed by atoms with Crippen LogP contribution in [-0.2, 0) is 20.7 Å². The second-order valence-corrected chi connectivity index (χ2v) is 4.56. The first-order chi connectivity index (χ1) is 10.5. The summed E-state index contributed by atoms with van der Waals surface area (Å²) in [5, 5.41) is 13.7. The van der Waals surface area contributed by atoms with Gasteiger partial charge in [-0.05, 0) is 31.0 Å². The number of rotatable bonds is 8. The number of anilines is 1. The zero-order valence-corrected chi connectivity index (χ0v) is 12.4. The number of aliphatic carboxylic acids is 1. The minimum Gasteiger partial charge on any atom is -0.481 e. The molecular formula is C15H20N2O5. The monoisotopic (exact) mass is 308 g/mol. The lowest BCUT2D eigenvalue weighted by Gasteiger charge is -2.08. The van der Waals surface area contributed by atoms with Crippen LogP contribution in [-0.4, -0.2) is 36.2 Å². The first kappa shape index (κ1) is 17.5. The molecule has 1 aromatic rings. The van der Waals surface area contributed by atoms with Crippen LogP contribution < -0.4 is 10.6 Å². The molecule has 0 saturated heterocycles. The van der Waals surface area contributed by atoms with E-state index in [2.05, 4.69) is 10.6 Å². The van der Waals surface area contributed by atoms with Gasteiger partial charge in [0.05, 0.1) is 13.0 Å². The number of carbonyl (C=O) groups excluding carboxylic acids is 2. The summed E-state index contributed by atoms with van der Waals surface area (Å²) >= 11 is 0. The predicted molar refractivity (Wildman–Crippen MR) is 80.7 cm³/mol. The van der Waals surface area contributed by atoms with Gasteiger partial charge in [-0.15, -0.1) is 0 Å². The number of hydrogen-bond acceptors (Lipinski definition) is 4. The van der Waals surface area contributed by atoms with Crippen LogP contribution in [0.2, 0.25) is 0 Å². The highest BCUT2D eigenvalue weighted by Gasteiger charge is 2.06. The molecule has 0 fully saturated rings. The Kier molecular flexibility index (Phi) is 7.45. The van der Waals surface area contributed by atoms with Gasteiger partial charge in [0.15, 0.2) is 0 Å². The van der Waals surface area contributed by atoms with Gasteiger partial charge < -0.3 is 20.5 Å². The molecule has 7 nitrogen and oxygen atoms in total. The first-order valence-electron chi connectivity index (χ1n) is 7.02. The molecule has 22 heavy (non-hydrogen) atoms. The van der Waals surface area contributed by atoms with Crippen LogP contribution in [0.1, 0.15) is 25.3 Å². The van der Waals surface area contributed by atoms with Gasteiger partial charge in [0, 0.05) is 18.7 Å². The highest BCUT2D eigenvalue weighted by Crippen LogP contribution is 2.11. The van der Waals surface area contributed by atoms with Crippen LogP contribution in [0.25, 0.3) is 0 Å². The number of esters is 1. The number of carbonyl (C=O) groups is 3. The summed E-state index contributed by atoms with van der Waals surface area (Å²) in [5.74, 6) is -1.22. The van der Waals surface area contributed by atoms with E-state index in [9.17, 15) is 14.4 Å². The maximum Gasteiger partial charge on any atom is 0.319 e. The van der Waals surface area contributed by atoms with Gasteiger partial charge >= 0.3 is 18.0 Å². The minimum atomic E-state index is -0.895. The lowest BCUT2D eigenvalue weighted by molar-refractivity contribution is -0.142. The highest BCUT2D eigenvalue weighted by molar-refractivity contribution is 5.89. The van der Waals surface area contributed by atoms with Crippen LogP contribution in [0, 0.1) is 0 Å². The molecule has 0 aliphatic carbocycles. The second kappa shape index (κ2) is 9.38. The van der Waals surface area contributed by atoms with Crippen molar-refractivity contribution in [1.29, 1.82) is 0 Å². The molecule has 0 aromatic heterocycles. The third kappa shape index (κ3) is 7.28. The fourth-order valence-corrected chi connectivity index (χ4v) is 1.75. The van der Waals surface area contributed by atoms with Crippen molar-refractivity contribution in [2.75, 3.05) is 18.5 Å². The third-order valence-corrected chi connectivity index (χ3v) is 2.69. The van der Waals surface area contributed by atoms with Crippen LogP contribution in [0.5, 0.6) is 0 Å². The van der Waals surface area contributed by atoms with Crippen molar-refractivity contribution < 1.29 is 24.2 Å². The molecule has 1 rings (SSSR count). The van der Waals surface area contributed by atoms with E-state index in [0.29, 0.717) is 18.7 Å². The Balaban J connectivity index is 2.43. The summed E-state index contributed by atoms with van der Waals surface area (Å²) in [6.45, 7) is 2.35. The first-order valence-corrected chi connectivity index (χ1v) is 7.02. The van der Waals surface area contributed by atoms with Crippen molar-refractivity contribution in [3.8, 4) is 0 Å². The van der Waals surface area contributed by atoms with Crippen molar-refractivity contribution in [3.63, 3.8) is 0 Å². The van der Waals surface area contributed by atoms with E-state index in [1.807, 2.05) is 0 Å². The van der Waals surface area contributed by atoms with Crippen LogP contribution >= 0.6 is 0 Å². The number of hydrogen-bond donors (Lipinski definition) is 3. The molecule has 1 aromatic carbocycles. The normalized spacial score (nSPS) is 9.86. The van der Waals surface area contributed by atoms with Crippen molar-refractivity contribution in [2.24, 2.45) is 0 Å². The summed E-state index contributed by atoms with van der Waals surface area (Å²) in [4.78, 5) is 33.4. The molecule has 0 radical (unpaired) electrons. The zero-order chi connectivity index (χ0) is 16.4. The Labute approximate surface area is 128 Å². The molecule has 0 heterocycles. The second-order valence-electron chi connectivity index (χ2n) is 4.56. The van der Waals surface area contributed by atoms with E-state index in [1.165, 1.54) is 0 Å². The van der Waals surface area contributed by atoms with Gasteiger partial charge in [-0.3, -0.25) is 9.59 Å². The fourth-order valence-electron chi connectivity index (χ4n) is 1.75. The number of carboxylic acid groups (broad SMARTS) is 1. The van der Waals surface area contributed by atoms with Crippen molar-refractivity contribution in [2.45, 2.75) is 26.2 Å². The Morgan fingerprint density at radius 2 is 2.05 bits per heavy atom. The maximum absolute atomic E-state index is 11.6. The molecule has 120 valence electrons. The Morgan fingerprint density at radius 1 is 1.27 bits per heavy atom. The van der Waals surface area contributed by atoms with E-state index in [4.69, 9.17) is 9.84 Å². The molecule has 7 heteroatoms. The summed E-state index contributed by atoms with van der Waals surface area (Å²) in [5.41, 5.74) is 1.29. The highest BCUT2D eigenvalue weighted by atomic mass is 16.5. The lowest BCUT2D eigenvalue weighted by atomic mass is 10.1. The number of carboxylic acids is 1. The van der Waals surface area contributed by atoms with Gasteiger partial charge in [-0.25, -0.2) is 4.79 Å². The molecule has 0 atom stereocenters. The van der Waals surface area contributed by atoms with E-state index < -0.39 is 12.0 Å².